The molecule has 0 aliphatic carbocycles. The summed E-state index contributed by atoms with van der Waals surface area (Å²) in [5, 5.41) is 5.80. The average Bonchev–Trinajstić information content (AvgIpc) is 2.42. The summed E-state index contributed by atoms with van der Waals surface area (Å²) in [5.74, 6) is -1.35. The van der Waals surface area contributed by atoms with Crippen molar-refractivity contribution in [2.75, 3.05) is 18.4 Å². The zero-order valence-electron chi connectivity index (χ0n) is 11.5. The number of benzene rings is 1. The van der Waals surface area contributed by atoms with Gasteiger partial charge in [0.15, 0.2) is 0 Å². The van der Waals surface area contributed by atoms with Crippen LogP contribution in [0.5, 0.6) is 0 Å². The lowest BCUT2D eigenvalue weighted by Gasteiger charge is -2.12. The Labute approximate surface area is 132 Å². The summed E-state index contributed by atoms with van der Waals surface area (Å²) < 4.78 is 39.3. The molecule has 0 saturated carbocycles. The van der Waals surface area contributed by atoms with E-state index in [2.05, 4.69) is 36.5 Å². The molecule has 1 aromatic heterocycles. The SMILES string of the molecule is CC(=O)NCCNc1nc(C(F)(F)F)nc2ccc(Br)cc12. The van der Waals surface area contributed by atoms with Crippen LogP contribution in [0.4, 0.5) is 19.0 Å². The molecule has 0 aliphatic heterocycles. The van der Waals surface area contributed by atoms with Crippen molar-refractivity contribution in [1.29, 1.82) is 0 Å². The van der Waals surface area contributed by atoms with Crippen molar-refractivity contribution in [3.05, 3.63) is 28.5 Å². The Morgan fingerprint density at radius 1 is 1.27 bits per heavy atom. The van der Waals surface area contributed by atoms with Crippen LogP contribution < -0.4 is 10.6 Å². The van der Waals surface area contributed by atoms with Gasteiger partial charge in [-0.25, -0.2) is 9.97 Å². The number of alkyl halides is 3. The first-order chi connectivity index (χ1) is 10.3. The second kappa shape index (κ2) is 6.47. The van der Waals surface area contributed by atoms with Gasteiger partial charge >= 0.3 is 6.18 Å². The monoisotopic (exact) mass is 376 g/mol. The summed E-state index contributed by atoms with van der Waals surface area (Å²) in [6.45, 7) is 1.88. The number of aromatic nitrogens is 2. The zero-order chi connectivity index (χ0) is 16.3. The average molecular weight is 377 g/mol. The molecule has 0 spiro atoms. The normalized spacial score (nSPS) is 11.5. The maximum Gasteiger partial charge on any atom is 0.451 e. The maximum absolute atomic E-state index is 12.9. The second-order valence-corrected chi connectivity index (χ2v) is 5.38. The first kappa shape index (κ1) is 16.5. The molecule has 0 radical (unpaired) electrons. The van der Waals surface area contributed by atoms with Gasteiger partial charge in [0, 0.05) is 29.9 Å². The minimum absolute atomic E-state index is 0.0731. The minimum Gasteiger partial charge on any atom is -0.368 e. The van der Waals surface area contributed by atoms with E-state index in [-0.39, 0.29) is 30.3 Å². The summed E-state index contributed by atoms with van der Waals surface area (Å²) in [6.07, 6.45) is -4.63. The van der Waals surface area contributed by atoms with E-state index in [1.165, 1.54) is 13.0 Å². The summed E-state index contributed by atoms with van der Waals surface area (Å²) >= 11 is 3.26. The number of carbonyl (C=O) groups excluding carboxylic acids is 1. The smallest absolute Gasteiger partial charge is 0.368 e. The molecular weight excluding hydrogens is 365 g/mol. The van der Waals surface area contributed by atoms with Crippen molar-refractivity contribution in [2.45, 2.75) is 13.1 Å². The van der Waals surface area contributed by atoms with Gasteiger partial charge in [-0.1, -0.05) is 15.9 Å². The van der Waals surface area contributed by atoms with Crippen LogP contribution in [0.15, 0.2) is 22.7 Å². The van der Waals surface area contributed by atoms with Gasteiger partial charge in [-0.2, -0.15) is 13.2 Å². The molecule has 9 heteroatoms. The Kier molecular flexibility index (Phi) is 4.84. The lowest BCUT2D eigenvalue weighted by atomic mass is 10.2. The molecule has 5 nitrogen and oxygen atoms in total. The summed E-state index contributed by atoms with van der Waals surface area (Å²) in [5.41, 5.74) is 0.188. The van der Waals surface area contributed by atoms with E-state index in [4.69, 9.17) is 0 Å². The standard InChI is InChI=1S/C13H12BrF3N4O/c1-7(22)18-4-5-19-11-9-6-8(14)2-3-10(9)20-12(21-11)13(15,16)17/h2-3,6H,4-5H2,1H3,(H,18,22)(H,19,20,21). The van der Waals surface area contributed by atoms with E-state index in [0.717, 1.165) is 0 Å². The highest BCUT2D eigenvalue weighted by Crippen LogP contribution is 2.31. The number of fused-ring (bicyclic) bond motifs is 1. The minimum atomic E-state index is -4.63. The van der Waals surface area contributed by atoms with Crippen molar-refractivity contribution in [3.63, 3.8) is 0 Å². The number of nitrogens with zero attached hydrogens (tertiary/aromatic N) is 2. The maximum atomic E-state index is 12.9. The predicted octanol–water partition coefficient (Wildman–Crippen LogP) is 2.96. The third-order valence-corrected chi connectivity index (χ3v) is 3.20. The number of halogens is 4. The summed E-state index contributed by atoms with van der Waals surface area (Å²) in [7, 11) is 0. The van der Waals surface area contributed by atoms with E-state index in [1.54, 1.807) is 12.1 Å². The highest BCUT2D eigenvalue weighted by molar-refractivity contribution is 9.10. The molecule has 0 bridgehead atoms. The Morgan fingerprint density at radius 3 is 2.64 bits per heavy atom. The molecule has 2 rings (SSSR count). The lowest BCUT2D eigenvalue weighted by molar-refractivity contribution is -0.144. The van der Waals surface area contributed by atoms with Crippen LogP contribution in [-0.2, 0) is 11.0 Å². The fourth-order valence-electron chi connectivity index (χ4n) is 1.78. The van der Waals surface area contributed by atoms with E-state index >= 15 is 0 Å². The Morgan fingerprint density at radius 2 is 2.00 bits per heavy atom. The van der Waals surface area contributed by atoms with Gasteiger partial charge in [0.05, 0.1) is 5.52 Å². The second-order valence-electron chi connectivity index (χ2n) is 4.46. The first-order valence-electron chi connectivity index (χ1n) is 6.30. The van der Waals surface area contributed by atoms with Crippen molar-refractivity contribution >= 4 is 38.6 Å². The Bertz CT molecular complexity index is 705. The van der Waals surface area contributed by atoms with Crippen molar-refractivity contribution < 1.29 is 18.0 Å². The van der Waals surface area contributed by atoms with Crippen LogP contribution >= 0.6 is 15.9 Å². The quantitative estimate of drug-likeness (QED) is 0.805. The van der Waals surface area contributed by atoms with Crippen LogP contribution in [0.25, 0.3) is 10.9 Å². The molecule has 2 aromatic rings. The van der Waals surface area contributed by atoms with Crippen molar-refractivity contribution in [2.24, 2.45) is 0 Å². The fraction of sp³-hybridized carbons (Fsp3) is 0.308. The van der Waals surface area contributed by atoms with Crippen LogP contribution in [-0.4, -0.2) is 29.0 Å². The van der Waals surface area contributed by atoms with Crippen molar-refractivity contribution in [1.82, 2.24) is 15.3 Å². The molecule has 0 aliphatic rings. The molecule has 2 N–H and O–H groups in total. The molecule has 22 heavy (non-hydrogen) atoms. The van der Waals surface area contributed by atoms with E-state index in [0.29, 0.717) is 9.86 Å². The molecule has 0 saturated heterocycles. The molecule has 1 amide bonds. The number of carbonyl (C=O) groups is 1. The van der Waals surface area contributed by atoms with Gasteiger partial charge < -0.3 is 10.6 Å². The molecule has 0 fully saturated rings. The van der Waals surface area contributed by atoms with Gasteiger partial charge in [0.2, 0.25) is 11.7 Å². The van der Waals surface area contributed by atoms with Crippen LogP contribution in [0.1, 0.15) is 12.7 Å². The molecule has 118 valence electrons. The van der Waals surface area contributed by atoms with Gasteiger partial charge in [-0.05, 0) is 18.2 Å². The van der Waals surface area contributed by atoms with Crippen LogP contribution in [0.3, 0.4) is 0 Å². The fourth-order valence-corrected chi connectivity index (χ4v) is 2.14. The van der Waals surface area contributed by atoms with Gasteiger partial charge in [-0.15, -0.1) is 0 Å². The van der Waals surface area contributed by atoms with Gasteiger partial charge in [0.25, 0.3) is 0 Å². The molecular formula is C13H12BrF3N4O. The largest absolute Gasteiger partial charge is 0.451 e. The van der Waals surface area contributed by atoms with E-state index in [1.807, 2.05) is 0 Å². The third kappa shape index (κ3) is 4.06. The van der Waals surface area contributed by atoms with Gasteiger partial charge in [-0.3, -0.25) is 4.79 Å². The van der Waals surface area contributed by atoms with Gasteiger partial charge in [0.1, 0.15) is 5.82 Å². The van der Waals surface area contributed by atoms with E-state index in [9.17, 15) is 18.0 Å². The highest BCUT2D eigenvalue weighted by Gasteiger charge is 2.35. The number of hydrogen-bond donors (Lipinski definition) is 2. The number of nitrogens with one attached hydrogen (secondary N) is 2. The number of hydrogen-bond acceptors (Lipinski definition) is 4. The Balaban J connectivity index is 2.35. The number of anilines is 1. The number of amides is 1. The summed E-state index contributed by atoms with van der Waals surface area (Å²) in [6, 6.07) is 4.72. The van der Waals surface area contributed by atoms with Crippen LogP contribution in [0, 0.1) is 0 Å². The molecule has 0 unspecified atom stereocenters. The van der Waals surface area contributed by atoms with Crippen molar-refractivity contribution in [3.8, 4) is 0 Å². The third-order valence-electron chi connectivity index (χ3n) is 2.70. The molecule has 1 aromatic carbocycles. The summed E-state index contributed by atoms with van der Waals surface area (Å²) in [4.78, 5) is 17.9. The zero-order valence-corrected chi connectivity index (χ0v) is 13.0. The first-order valence-corrected chi connectivity index (χ1v) is 7.09. The molecule has 0 atom stereocenters. The molecule has 1 heterocycles. The highest BCUT2D eigenvalue weighted by atomic mass is 79.9. The lowest BCUT2D eigenvalue weighted by Crippen LogP contribution is -2.26. The number of rotatable bonds is 4. The van der Waals surface area contributed by atoms with Crippen LogP contribution in [0.2, 0.25) is 0 Å². The predicted molar refractivity (Wildman–Crippen MR) is 79.4 cm³/mol. The Hall–Kier alpha value is -1.90. The van der Waals surface area contributed by atoms with E-state index < -0.39 is 12.0 Å². The topological polar surface area (TPSA) is 66.9 Å².